The maximum absolute atomic E-state index is 4.44. The van der Waals surface area contributed by atoms with Crippen molar-refractivity contribution in [2.45, 2.75) is 13.8 Å². The van der Waals surface area contributed by atoms with Crippen LogP contribution in [0.15, 0.2) is 24.8 Å². The topological polar surface area (TPSA) is 81.4 Å². The lowest BCUT2D eigenvalue weighted by Gasteiger charge is -2.05. The average Bonchev–Trinajstić information content (AvgIpc) is 2.84. The van der Waals surface area contributed by atoms with Crippen LogP contribution in [0.1, 0.15) is 12.7 Å². The zero-order chi connectivity index (χ0) is 13.2. The maximum Gasteiger partial charge on any atom is 0.174 e. The van der Waals surface area contributed by atoms with Gasteiger partial charge in [-0.2, -0.15) is 9.78 Å². The van der Waals surface area contributed by atoms with Crippen molar-refractivity contribution in [1.29, 1.82) is 0 Å². The fourth-order valence-corrected chi connectivity index (χ4v) is 1.89. The highest BCUT2D eigenvalue weighted by atomic mass is 15.3. The third-order valence-electron chi connectivity index (χ3n) is 2.65. The molecule has 0 spiro atoms. The summed E-state index contributed by atoms with van der Waals surface area (Å²) in [4.78, 5) is 17.1. The zero-order valence-electron chi connectivity index (χ0n) is 10.7. The van der Waals surface area contributed by atoms with Crippen LogP contribution >= 0.6 is 0 Å². The highest BCUT2D eigenvalue weighted by molar-refractivity contribution is 5.87. The van der Waals surface area contributed by atoms with E-state index in [9.17, 15) is 0 Å². The molecule has 0 atom stereocenters. The van der Waals surface area contributed by atoms with Crippen LogP contribution < -0.4 is 5.32 Å². The summed E-state index contributed by atoms with van der Waals surface area (Å²) in [5.41, 5.74) is 0.726. The molecule has 7 nitrogen and oxygen atoms in total. The van der Waals surface area contributed by atoms with Crippen molar-refractivity contribution >= 4 is 16.9 Å². The van der Waals surface area contributed by atoms with Gasteiger partial charge in [-0.3, -0.25) is 4.98 Å². The van der Waals surface area contributed by atoms with Gasteiger partial charge in [-0.15, -0.1) is 0 Å². The number of hydrogen-bond donors (Lipinski definition) is 1. The van der Waals surface area contributed by atoms with Crippen LogP contribution in [0.3, 0.4) is 0 Å². The van der Waals surface area contributed by atoms with Crippen molar-refractivity contribution < 1.29 is 0 Å². The molecule has 3 rings (SSSR count). The van der Waals surface area contributed by atoms with Gasteiger partial charge >= 0.3 is 0 Å². The fraction of sp³-hybridized carbons (Fsp3) is 0.250. The van der Waals surface area contributed by atoms with Gasteiger partial charge in [0.1, 0.15) is 11.6 Å². The first-order chi connectivity index (χ1) is 9.29. The first-order valence-corrected chi connectivity index (χ1v) is 6.02. The van der Waals surface area contributed by atoms with Crippen molar-refractivity contribution in [2.75, 3.05) is 11.9 Å². The predicted octanol–water partition coefficient (Wildman–Crippen LogP) is 1.35. The Labute approximate surface area is 109 Å². The highest BCUT2D eigenvalue weighted by Gasteiger charge is 2.12. The maximum atomic E-state index is 4.44. The monoisotopic (exact) mass is 255 g/mol. The fourth-order valence-electron chi connectivity index (χ4n) is 1.89. The van der Waals surface area contributed by atoms with Crippen LogP contribution in [0.4, 0.5) is 5.82 Å². The number of aromatic nitrogens is 6. The van der Waals surface area contributed by atoms with E-state index in [4.69, 9.17) is 0 Å². The summed E-state index contributed by atoms with van der Waals surface area (Å²) in [6, 6.07) is 0. The molecule has 0 aromatic carbocycles. The molecule has 0 bridgehead atoms. The van der Waals surface area contributed by atoms with Gasteiger partial charge in [0.15, 0.2) is 11.5 Å². The number of rotatable bonds is 3. The number of nitrogens with one attached hydrogen (secondary N) is 1. The molecule has 96 valence electrons. The molecule has 1 N–H and O–H groups in total. The molecule has 0 radical (unpaired) electrons. The molecule has 0 aliphatic rings. The Morgan fingerprint density at radius 2 is 2.11 bits per heavy atom. The second-order valence-corrected chi connectivity index (χ2v) is 4.01. The van der Waals surface area contributed by atoms with Crippen molar-refractivity contribution in [3.8, 4) is 5.82 Å². The zero-order valence-corrected chi connectivity index (χ0v) is 10.7. The molecule has 0 amide bonds. The van der Waals surface area contributed by atoms with Gasteiger partial charge in [0, 0.05) is 18.9 Å². The number of aryl methyl sites for hydroxylation is 1. The quantitative estimate of drug-likeness (QED) is 0.760. The van der Waals surface area contributed by atoms with E-state index in [-0.39, 0.29) is 0 Å². The molecule has 0 fully saturated rings. The Kier molecular flexibility index (Phi) is 2.79. The van der Waals surface area contributed by atoms with Crippen molar-refractivity contribution in [2.24, 2.45) is 0 Å². The molecule has 0 aliphatic carbocycles. The summed E-state index contributed by atoms with van der Waals surface area (Å²) in [7, 11) is 0. The van der Waals surface area contributed by atoms with Crippen LogP contribution in [-0.4, -0.2) is 36.3 Å². The van der Waals surface area contributed by atoms with E-state index in [0.717, 1.165) is 23.4 Å². The standard InChI is InChI=1S/C12H13N7/c1-3-14-11-9-6-16-19(10-7-13-4-5-15-10)12(9)18-8(2)17-11/h4-7H,3H2,1-2H3,(H,14,17,18). The van der Waals surface area contributed by atoms with Crippen LogP contribution in [0.2, 0.25) is 0 Å². The Hall–Kier alpha value is -2.57. The first kappa shape index (κ1) is 11.5. The van der Waals surface area contributed by atoms with Crippen molar-refractivity contribution in [1.82, 2.24) is 29.7 Å². The van der Waals surface area contributed by atoms with E-state index in [0.29, 0.717) is 11.6 Å². The molecule has 0 saturated carbocycles. The van der Waals surface area contributed by atoms with Gasteiger partial charge in [-0.05, 0) is 13.8 Å². The molecule has 19 heavy (non-hydrogen) atoms. The first-order valence-electron chi connectivity index (χ1n) is 6.02. The molecule has 0 unspecified atom stereocenters. The number of nitrogens with zero attached hydrogens (tertiary/aromatic N) is 6. The minimum atomic E-state index is 0.637. The molecule has 3 aromatic heterocycles. The van der Waals surface area contributed by atoms with E-state index in [1.165, 1.54) is 0 Å². The Morgan fingerprint density at radius 1 is 1.21 bits per heavy atom. The van der Waals surface area contributed by atoms with Crippen LogP contribution in [0.5, 0.6) is 0 Å². The van der Waals surface area contributed by atoms with E-state index >= 15 is 0 Å². The smallest absolute Gasteiger partial charge is 0.174 e. The van der Waals surface area contributed by atoms with Crippen LogP contribution in [0.25, 0.3) is 16.9 Å². The van der Waals surface area contributed by atoms with E-state index in [1.54, 1.807) is 29.5 Å². The summed E-state index contributed by atoms with van der Waals surface area (Å²) in [5.74, 6) is 2.12. The van der Waals surface area contributed by atoms with E-state index in [1.807, 2.05) is 13.8 Å². The van der Waals surface area contributed by atoms with Gasteiger partial charge in [0.2, 0.25) is 0 Å². The third-order valence-corrected chi connectivity index (χ3v) is 2.65. The Bertz CT molecular complexity index is 705. The van der Waals surface area contributed by atoms with Crippen LogP contribution in [-0.2, 0) is 0 Å². The van der Waals surface area contributed by atoms with Gasteiger partial charge < -0.3 is 5.32 Å². The van der Waals surface area contributed by atoms with Crippen molar-refractivity contribution in [3.63, 3.8) is 0 Å². The van der Waals surface area contributed by atoms with E-state index < -0.39 is 0 Å². The minimum Gasteiger partial charge on any atom is -0.370 e. The molecular weight excluding hydrogens is 242 g/mol. The van der Waals surface area contributed by atoms with Crippen LogP contribution in [0, 0.1) is 6.92 Å². The normalized spacial score (nSPS) is 10.8. The van der Waals surface area contributed by atoms with Gasteiger partial charge in [0.05, 0.1) is 17.8 Å². The second kappa shape index (κ2) is 4.60. The number of fused-ring (bicyclic) bond motifs is 1. The minimum absolute atomic E-state index is 0.637. The van der Waals surface area contributed by atoms with Gasteiger partial charge in [-0.1, -0.05) is 0 Å². The lowest BCUT2D eigenvalue weighted by molar-refractivity contribution is 0.848. The average molecular weight is 255 g/mol. The summed E-state index contributed by atoms with van der Waals surface area (Å²) in [6.45, 7) is 4.67. The lowest BCUT2D eigenvalue weighted by Crippen LogP contribution is -2.05. The van der Waals surface area contributed by atoms with Gasteiger partial charge in [0.25, 0.3) is 0 Å². The number of hydrogen-bond acceptors (Lipinski definition) is 6. The summed E-state index contributed by atoms with van der Waals surface area (Å²) in [6.07, 6.45) is 6.64. The van der Waals surface area contributed by atoms with Gasteiger partial charge in [-0.25, -0.2) is 15.0 Å². The molecule has 3 heterocycles. The van der Waals surface area contributed by atoms with Crippen molar-refractivity contribution in [3.05, 3.63) is 30.6 Å². The Morgan fingerprint density at radius 3 is 2.84 bits per heavy atom. The molecule has 3 aromatic rings. The van der Waals surface area contributed by atoms with E-state index in [2.05, 4.69) is 30.4 Å². The molecule has 0 saturated heterocycles. The predicted molar refractivity (Wildman–Crippen MR) is 71.2 cm³/mol. The SMILES string of the molecule is CCNc1nc(C)nc2c1cnn2-c1cnccn1. The summed E-state index contributed by atoms with van der Waals surface area (Å²) in [5, 5.41) is 8.41. The Balaban J connectivity index is 2.23. The number of anilines is 1. The molecular formula is C12H13N7. The lowest BCUT2D eigenvalue weighted by atomic mass is 10.3. The molecule has 0 aliphatic heterocycles. The highest BCUT2D eigenvalue weighted by Crippen LogP contribution is 2.21. The third kappa shape index (κ3) is 1.99. The summed E-state index contributed by atoms with van der Waals surface area (Å²) >= 11 is 0. The second-order valence-electron chi connectivity index (χ2n) is 4.01. The molecule has 7 heteroatoms. The summed E-state index contributed by atoms with van der Waals surface area (Å²) < 4.78 is 1.66. The largest absolute Gasteiger partial charge is 0.370 e.